The first-order valence-corrected chi connectivity index (χ1v) is 10.5. The van der Waals surface area contributed by atoms with Gasteiger partial charge in [-0.3, -0.25) is 4.79 Å². The third-order valence-electron chi connectivity index (χ3n) is 4.52. The molecule has 5 nitrogen and oxygen atoms in total. The van der Waals surface area contributed by atoms with Crippen LogP contribution in [0.5, 0.6) is 11.5 Å². The topological polar surface area (TPSA) is 60.5 Å². The molecule has 0 unspecified atom stereocenters. The molecule has 1 N–H and O–H groups in total. The van der Waals surface area contributed by atoms with E-state index < -0.39 is 0 Å². The molecule has 0 aliphatic heterocycles. The van der Waals surface area contributed by atoms with E-state index in [1.165, 1.54) is 0 Å². The number of carbonyl (C=O) groups excluding carboxylic acids is 1. The first-order chi connectivity index (χ1) is 12.6. The van der Waals surface area contributed by atoms with Crippen molar-refractivity contribution in [3.8, 4) is 11.5 Å². The fourth-order valence-electron chi connectivity index (χ4n) is 3.10. The van der Waals surface area contributed by atoms with E-state index in [4.69, 9.17) is 9.47 Å². The van der Waals surface area contributed by atoms with Crippen LogP contribution in [0.2, 0.25) is 0 Å². The molecule has 1 aromatic heterocycles. The Labute approximate surface area is 162 Å². The molecule has 1 amide bonds. The highest BCUT2D eigenvalue weighted by molar-refractivity contribution is 8.01. The van der Waals surface area contributed by atoms with Gasteiger partial charge in [-0.1, -0.05) is 11.8 Å². The summed E-state index contributed by atoms with van der Waals surface area (Å²) in [5.41, 5.74) is 1.69. The number of nitrogens with zero attached hydrogens (tertiary/aromatic N) is 1. The van der Waals surface area contributed by atoms with Crippen molar-refractivity contribution in [1.82, 2.24) is 10.3 Å². The highest BCUT2D eigenvalue weighted by Crippen LogP contribution is 2.35. The molecule has 1 heterocycles. The molecule has 1 fully saturated rings. The van der Waals surface area contributed by atoms with E-state index in [1.807, 2.05) is 18.7 Å². The first kappa shape index (κ1) is 19.0. The third kappa shape index (κ3) is 4.71. The Hall–Kier alpha value is -1.73. The van der Waals surface area contributed by atoms with Gasteiger partial charge < -0.3 is 14.8 Å². The van der Waals surface area contributed by atoms with Crippen molar-refractivity contribution in [2.75, 3.05) is 14.2 Å². The lowest BCUT2D eigenvalue weighted by atomic mass is 9.94. The number of aromatic nitrogens is 1. The SMILES string of the molecule is COc1ccc(C(=O)NC2CCC(Sc3nc(C)cs3)CC2)cc1OC. The Balaban J connectivity index is 1.51. The van der Waals surface area contributed by atoms with Gasteiger partial charge in [0.2, 0.25) is 0 Å². The van der Waals surface area contributed by atoms with Crippen LogP contribution in [0, 0.1) is 6.92 Å². The predicted molar refractivity (Wildman–Crippen MR) is 106 cm³/mol. The maximum atomic E-state index is 12.5. The average molecular weight is 393 g/mol. The fourth-order valence-corrected chi connectivity index (χ4v) is 5.39. The Bertz CT molecular complexity index is 755. The molecule has 0 radical (unpaired) electrons. The number of carbonyl (C=O) groups is 1. The number of nitrogens with one attached hydrogen (secondary N) is 1. The van der Waals surface area contributed by atoms with Crippen molar-refractivity contribution in [3.05, 3.63) is 34.8 Å². The summed E-state index contributed by atoms with van der Waals surface area (Å²) in [6, 6.07) is 5.48. The molecule has 0 spiro atoms. The van der Waals surface area contributed by atoms with Crippen LogP contribution in [0.1, 0.15) is 41.7 Å². The van der Waals surface area contributed by atoms with E-state index >= 15 is 0 Å². The van der Waals surface area contributed by atoms with E-state index in [2.05, 4.69) is 15.7 Å². The number of hydrogen-bond donors (Lipinski definition) is 1. The normalized spacial score (nSPS) is 19.8. The smallest absolute Gasteiger partial charge is 0.251 e. The lowest BCUT2D eigenvalue weighted by Crippen LogP contribution is -2.38. The summed E-state index contributed by atoms with van der Waals surface area (Å²) < 4.78 is 11.6. The van der Waals surface area contributed by atoms with Crippen LogP contribution in [-0.2, 0) is 0 Å². The number of amides is 1. The van der Waals surface area contributed by atoms with Gasteiger partial charge in [0, 0.05) is 27.9 Å². The Morgan fingerprint density at radius 1 is 1.19 bits per heavy atom. The number of rotatable bonds is 6. The molecule has 2 aromatic rings. The number of thioether (sulfide) groups is 1. The maximum absolute atomic E-state index is 12.5. The number of aryl methyl sites for hydroxylation is 1. The zero-order chi connectivity index (χ0) is 18.5. The van der Waals surface area contributed by atoms with Crippen molar-refractivity contribution in [2.24, 2.45) is 0 Å². The summed E-state index contributed by atoms with van der Waals surface area (Å²) in [7, 11) is 3.16. The van der Waals surface area contributed by atoms with Crippen molar-refractivity contribution in [2.45, 2.75) is 48.2 Å². The van der Waals surface area contributed by atoms with E-state index in [-0.39, 0.29) is 11.9 Å². The molecule has 0 bridgehead atoms. The summed E-state index contributed by atoms with van der Waals surface area (Å²) in [4.78, 5) is 17.1. The van der Waals surface area contributed by atoms with Crippen LogP contribution in [0.25, 0.3) is 0 Å². The van der Waals surface area contributed by atoms with Crippen LogP contribution in [0.3, 0.4) is 0 Å². The van der Waals surface area contributed by atoms with Gasteiger partial charge in [-0.25, -0.2) is 4.98 Å². The number of methoxy groups -OCH3 is 2. The number of thiazole rings is 1. The summed E-state index contributed by atoms with van der Waals surface area (Å²) in [6.45, 7) is 2.03. The lowest BCUT2D eigenvalue weighted by Gasteiger charge is -2.28. The quantitative estimate of drug-likeness (QED) is 0.794. The first-order valence-electron chi connectivity index (χ1n) is 8.70. The summed E-state index contributed by atoms with van der Waals surface area (Å²) in [6.07, 6.45) is 4.20. The second-order valence-corrected chi connectivity index (χ2v) is 8.80. The van der Waals surface area contributed by atoms with Crippen LogP contribution in [0.15, 0.2) is 27.9 Å². The fraction of sp³-hybridized carbons (Fsp3) is 0.474. The molecule has 1 saturated carbocycles. The minimum atomic E-state index is -0.0578. The van der Waals surface area contributed by atoms with Gasteiger partial charge in [0.05, 0.1) is 14.2 Å². The van der Waals surface area contributed by atoms with Gasteiger partial charge >= 0.3 is 0 Å². The predicted octanol–water partition coefficient (Wildman–Crippen LogP) is 4.30. The van der Waals surface area contributed by atoms with Gasteiger partial charge in [0.15, 0.2) is 11.5 Å². The van der Waals surface area contributed by atoms with E-state index in [0.29, 0.717) is 22.3 Å². The van der Waals surface area contributed by atoms with Crippen molar-refractivity contribution < 1.29 is 14.3 Å². The zero-order valence-electron chi connectivity index (χ0n) is 15.3. The number of benzene rings is 1. The second kappa shape index (κ2) is 8.77. The number of hydrogen-bond acceptors (Lipinski definition) is 6. The second-order valence-electron chi connectivity index (χ2n) is 6.39. The van der Waals surface area contributed by atoms with E-state index in [0.717, 1.165) is 35.7 Å². The Morgan fingerprint density at radius 2 is 1.92 bits per heavy atom. The molecule has 140 valence electrons. The molecular weight excluding hydrogens is 368 g/mol. The lowest BCUT2D eigenvalue weighted by molar-refractivity contribution is 0.0927. The Morgan fingerprint density at radius 3 is 2.54 bits per heavy atom. The summed E-state index contributed by atoms with van der Waals surface area (Å²) in [5, 5.41) is 5.84. The third-order valence-corrected chi connectivity index (χ3v) is 6.95. The molecule has 7 heteroatoms. The molecule has 1 aliphatic carbocycles. The highest BCUT2D eigenvalue weighted by Gasteiger charge is 2.24. The number of ether oxygens (including phenoxy) is 2. The molecule has 3 rings (SSSR count). The molecule has 26 heavy (non-hydrogen) atoms. The van der Waals surface area contributed by atoms with Gasteiger partial charge in [0.1, 0.15) is 4.34 Å². The molecule has 0 atom stereocenters. The average Bonchev–Trinajstić information content (AvgIpc) is 3.07. The summed E-state index contributed by atoms with van der Waals surface area (Å²) >= 11 is 3.59. The minimum absolute atomic E-state index is 0.0578. The van der Waals surface area contributed by atoms with Gasteiger partial charge in [0.25, 0.3) is 5.91 Å². The van der Waals surface area contributed by atoms with Crippen LogP contribution in [0.4, 0.5) is 0 Å². The maximum Gasteiger partial charge on any atom is 0.251 e. The zero-order valence-corrected chi connectivity index (χ0v) is 16.9. The van der Waals surface area contributed by atoms with Crippen LogP contribution in [-0.4, -0.2) is 36.4 Å². The van der Waals surface area contributed by atoms with Gasteiger partial charge in [-0.2, -0.15) is 0 Å². The summed E-state index contributed by atoms with van der Waals surface area (Å²) in [5.74, 6) is 1.13. The standard InChI is InChI=1S/C19H24N2O3S2/c1-12-11-25-19(20-12)26-15-7-5-14(6-8-15)21-18(22)13-4-9-16(23-2)17(10-13)24-3/h4,9-11,14-15H,5-8H2,1-3H3,(H,21,22). The molecule has 1 aromatic carbocycles. The molecule has 0 saturated heterocycles. The highest BCUT2D eigenvalue weighted by atomic mass is 32.2. The van der Waals surface area contributed by atoms with E-state index in [9.17, 15) is 4.79 Å². The van der Waals surface area contributed by atoms with Gasteiger partial charge in [-0.05, 0) is 50.8 Å². The Kier molecular flexibility index (Phi) is 6.43. The van der Waals surface area contributed by atoms with Crippen molar-refractivity contribution >= 4 is 29.0 Å². The largest absolute Gasteiger partial charge is 0.493 e. The van der Waals surface area contributed by atoms with Crippen LogP contribution < -0.4 is 14.8 Å². The van der Waals surface area contributed by atoms with Crippen LogP contribution >= 0.6 is 23.1 Å². The van der Waals surface area contributed by atoms with Crippen molar-refractivity contribution in [3.63, 3.8) is 0 Å². The van der Waals surface area contributed by atoms with E-state index in [1.54, 1.807) is 43.8 Å². The molecular formula is C19H24N2O3S2. The molecule has 1 aliphatic rings. The van der Waals surface area contributed by atoms with Crippen molar-refractivity contribution in [1.29, 1.82) is 0 Å². The minimum Gasteiger partial charge on any atom is -0.493 e. The monoisotopic (exact) mass is 392 g/mol. The van der Waals surface area contributed by atoms with Gasteiger partial charge in [-0.15, -0.1) is 11.3 Å².